The third kappa shape index (κ3) is 5.36. The van der Waals surface area contributed by atoms with Crippen molar-refractivity contribution in [2.75, 3.05) is 0 Å². The van der Waals surface area contributed by atoms with Crippen LogP contribution < -0.4 is 24.8 Å². The first-order valence-electron chi connectivity index (χ1n) is 12.3. The van der Waals surface area contributed by atoms with Crippen LogP contribution in [-0.4, -0.2) is 5.43 Å². The van der Waals surface area contributed by atoms with Gasteiger partial charge >= 0.3 is 205 Å². The van der Waals surface area contributed by atoms with E-state index in [-0.39, 0.29) is 30.2 Å². The summed E-state index contributed by atoms with van der Waals surface area (Å²) in [5.41, 5.74) is 12.2. The van der Waals surface area contributed by atoms with Gasteiger partial charge in [0.05, 0.1) is 0 Å². The number of benzene rings is 2. The number of aryl methyl sites for hydroxylation is 1. The smallest absolute Gasteiger partial charge is 1.00 e. The van der Waals surface area contributed by atoms with Crippen LogP contribution >= 0.6 is 0 Å². The number of hydrogen-bond acceptors (Lipinski definition) is 0. The van der Waals surface area contributed by atoms with E-state index in [0.717, 1.165) is 0 Å². The van der Waals surface area contributed by atoms with Crippen LogP contribution in [0.5, 0.6) is 0 Å². The van der Waals surface area contributed by atoms with Crippen molar-refractivity contribution in [1.29, 1.82) is 0 Å². The predicted molar refractivity (Wildman–Crippen MR) is 139 cm³/mol. The van der Waals surface area contributed by atoms with Crippen molar-refractivity contribution in [3.63, 3.8) is 0 Å². The molecule has 0 spiro atoms. The first-order valence-corrected chi connectivity index (χ1v) is 21.2. The zero-order valence-corrected chi connectivity index (χ0v) is 26.7. The number of unbranched alkanes of at least 4 members (excludes halogenated alkanes) is 1. The molecule has 4 rings (SSSR count). The largest absolute Gasteiger partial charge is 1.00 e. The van der Waals surface area contributed by atoms with Gasteiger partial charge in [-0.15, -0.1) is 0 Å². The normalized spacial score (nSPS) is 18.6. The Morgan fingerprint density at radius 1 is 0.853 bits per heavy atom. The van der Waals surface area contributed by atoms with Gasteiger partial charge in [-0.1, -0.05) is 0 Å². The van der Waals surface area contributed by atoms with Gasteiger partial charge in [0.1, 0.15) is 0 Å². The van der Waals surface area contributed by atoms with Crippen LogP contribution in [0.2, 0.25) is 13.1 Å². The van der Waals surface area contributed by atoms with Crippen molar-refractivity contribution >= 4 is 11.0 Å². The van der Waals surface area contributed by atoms with Crippen LogP contribution in [0.3, 0.4) is 0 Å². The maximum Gasteiger partial charge on any atom is -1.00 e. The molecule has 2 aliphatic carbocycles. The minimum absolute atomic E-state index is 0. The molecule has 2 aromatic rings. The fourth-order valence-corrected chi connectivity index (χ4v) is 25.4. The molecule has 2 aromatic carbocycles. The van der Waals surface area contributed by atoms with E-state index < -0.39 is 20.4 Å². The van der Waals surface area contributed by atoms with Crippen molar-refractivity contribution in [3.8, 4) is 0 Å². The molecule has 0 nitrogen and oxygen atoms in total. The number of fused-ring (bicyclic) bond motifs is 1. The quantitative estimate of drug-likeness (QED) is 0.456. The Bertz CT molecular complexity index is 1180. The molecular formula is C30H38Cl2SiZr. The van der Waals surface area contributed by atoms with Crippen LogP contribution in [-0.2, 0) is 26.8 Å². The molecule has 4 heteroatoms. The van der Waals surface area contributed by atoms with Gasteiger partial charge in [0.2, 0.25) is 0 Å². The molecule has 0 fully saturated rings. The maximum atomic E-state index is 2.73. The zero-order chi connectivity index (χ0) is 23.0. The molecule has 0 heterocycles. The number of hydrogen-bond donors (Lipinski definition) is 0. The Kier molecular flexibility index (Phi) is 10.9. The first kappa shape index (κ1) is 29.6. The van der Waals surface area contributed by atoms with E-state index in [1.807, 2.05) is 3.28 Å². The number of rotatable bonds is 6. The molecule has 0 N–H and O–H groups in total. The summed E-state index contributed by atoms with van der Waals surface area (Å²) in [6.07, 6.45) is 6.43. The summed E-state index contributed by atoms with van der Waals surface area (Å²) in [7, 11) is 0. The van der Waals surface area contributed by atoms with Crippen molar-refractivity contribution < 1.29 is 45.2 Å². The summed E-state index contributed by atoms with van der Waals surface area (Å²) in [6, 6.07) is 18.6. The standard InChI is InChI=1S/C19H19.C9H13.C2H6Si.2ClH.Zr/c1-2-3-8-15-9-4-6-11-17(15)19-14-13-16-10-5-7-12-18(16)19;1-6-5-7(2)9(4)8(6)3;1-3-2;;;/h4-7,9-14H,2-3,8H2,1H3;6H,1-4H3;1-2H3;2*1H;/q;;;;;+2/p-2. The molecule has 0 saturated carbocycles. The van der Waals surface area contributed by atoms with Crippen molar-refractivity contribution in [2.45, 2.75) is 70.6 Å². The molecule has 0 bridgehead atoms. The van der Waals surface area contributed by atoms with Gasteiger partial charge < -0.3 is 24.8 Å². The summed E-state index contributed by atoms with van der Waals surface area (Å²) in [5, 5.41) is 0. The van der Waals surface area contributed by atoms with Crippen molar-refractivity contribution in [1.82, 2.24) is 0 Å². The predicted octanol–water partition coefficient (Wildman–Crippen LogP) is 2.65. The van der Waals surface area contributed by atoms with Crippen LogP contribution in [0.4, 0.5) is 0 Å². The van der Waals surface area contributed by atoms with E-state index in [0.29, 0.717) is 9.54 Å². The Morgan fingerprint density at radius 2 is 1.47 bits per heavy atom. The summed E-state index contributed by atoms with van der Waals surface area (Å²) in [4.78, 5) is 0. The van der Waals surface area contributed by atoms with E-state index in [2.05, 4.69) is 102 Å². The van der Waals surface area contributed by atoms with E-state index in [1.165, 1.54) is 41.5 Å². The van der Waals surface area contributed by atoms with E-state index >= 15 is 0 Å². The van der Waals surface area contributed by atoms with Crippen LogP contribution in [0.1, 0.15) is 73.3 Å². The minimum Gasteiger partial charge on any atom is -1.00 e. The average Bonchev–Trinajstić information content (AvgIpc) is 3.25. The molecule has 2 unspecified atom stereocenters. The summed E-state index contributed by atoms with van der Waals surface area (Å²) in [5.74, 6) is 0.658. The van der Waals surface area contributed by atoms with Gasteiger partial charge in [0.15, 0.2) is 0 Å². The molecular weight excluding hydrogens is 551 g/mol. The van der Waals surface area contributed by atoms with Gasteiger partial charge in [-0.05, 0) is 0 Å². The van der Waals surface area contributed by atoms with E-state index in [9.17, 15) is 0 Å². The van der Waals surface area contributed by atoms with Gasteiger partial charge in [0.25, 0.3) is 0 Å². The Labute approximate surface area is 228 Å². The third-order valence-electron chi connectivity index (χ3n) is 7.81. The Morgan fingerprint density at radius 3 is 2.06 bits per heavy atom. The fraction of sp³-hybridized carbons (Fsp3) is 0.400. The fourth-order valence-electron chi connectivity index (χ4n) is 5.75. The van der Waals surface area contributed by atoms with Crippen LogP contribution in [0, 0.1) is 5.92 Å². The van der Waals surface area contributed by atoms with Crippen molar-refractivity contribution in [3.05, 3.63) is 96.9 Å². The third-order valence-corrected chi connectivity index (χ3v) is 26.4. The number of allylic oxidation sites excluding steroid dienone is 5. The topological polar surface area (TPSA) is 0 Å². The zero-order valence-electron chi connectivity index (χ0n) is 21.7. The average molecular weight is 589 g/mol. The SMILES string of the molecule is CCCCc1ccccc1C1=C[CH]([Zr+2]([C]2=C(C)C(C)=C(C)C2C)=[Si](C)C)c2ccccc21.[Cl-].[Cl-]. The number of halogens is 2. The molecule has 2 aliphatic rings. The molecule has 0 radical (unpaired) electrons. The molecule has 2 atom stereocenters. The maximum absolute atomic E-state index is 2.73. The van der Waals surface area contributed by atoms with Crippen LogP contribution in [0.25, 0.3) is 5.57 Å². The van der Waals surface area contributed by atoms with Crippen LogP contribution in [0.15, 0.2) is 74.6 Å². The van der Waals surface area contributed by atoms with Gasteiger partial charge in [0, 0.05) is 0 Å². The first-order chi connectivity index (χ1) is 15.4. The van der Waals surface area contributed by atoms with Gasteiger partial charge in [-0.2, -0.15) is 0 Å². The Hall–Kier alpha value is -0.660. The summed E-state index contributed by atoms with van der Waals surface area (Å²) in [6.45, 7) is 17.2. The van der Waals surface area contributed by atoms with Crippen molar-refractivity contribution in [2.24, 2.45) is 5.92 Å². The van der Waals surface area contributed by atoms with E-state index in [4.69, 9.17) is 0 Å². The summed E-state index contributed by atoms with van der Waals surface area (Å²) >= 11 is -1.93. The monoisotopic (exact) mass is 586 g/mol. The molecule has 0 saturated heterocycles. The Balaban J connectivity index is 0.00000204. The molecule has 0 aliphatic heterocycles. The second-order valence-electron chi connectivity index (χ2n) is 9.89. The van der Waals surface area contributed by atoms with Gasteiger partial charge in [-0.3, -0.25) is 0 Å². The molecule has 180 valence electrons. The molecule has 34 heavy (non-hydrogen) atoms. The molecule has 0 aromatic heterocycles. The minimum atomic E-state index is -1.93. The molecule has 0 amide bonds. The second kappa shape index (κ2) is 12.5. The van der Waals surface area contributed by atoms with E-state index in [1.54, 1.807) is 22.3 Å². The summed E-state index contributed by atoms with van der Waals surface area (Å²) < 4.78 is 2.59. The van der Waals surface area contributed by atoms with Gasteiger partial charge in [-0.25, -0.2) is 0 Å². The second-order valence-corrected chi connectivity index (χ2v) is 27.3.